The summed E-state index contributed by atoms with van der Waals surface area (Å²) >= 11 is 5.78. The van der Waals surface area contributed by atoms with Crippen LogP contribution in [-0.4, -0.2) is 51.5 Å². The number of halogens is 1. The minimum absolute atomic E-state index is 0.0736. The lowest BCUT2D eigenvalue weighted by Crippen LogP contribution is -2.50. The molecular weight excluding hydrogens is 252 g/mol. The molecule has 16 heavy (non-hydrogen) atoms. The predicted octanol–water partition coefficient (Wildman–Crippen LogP) is 0.560. The van der Waals surface area contributed by atoms with Crippen LogP contribution in [0, 0.1) is 0 Å². The van der Waals surface area contributed by atoms with E-state index in [4.69, 9.17) is 16.3 Å². The minimum atomic E-state index is -3.40. The summed E-state index contributed by atoms with van der Waals surface area (Å²) in [5.41, 5.74) is 0. The number of alkyl halides is 1. The maximum atomic E-state index is 11.9. The van der Waals surface area contributed by atoms with Gasteiger partial charge in [-0.3, -0.25) is 0 Å². The fraction of sp³-hybridized carbons (Fsp3) is 1.00. The van der Waals surface area contributed by atoms with Crippen LogP contribution in [-0.2, 0) is 14.9 Å². The fourth-order valence-corrected chi connectivity index (χ4v) is 3.65. The summed E-state index contributed by atoms with van der Waals surface area (Å²) in [7, 11) is -1.86. The van der Waals surface area contributed by atoms with Gasteiger partial charge in [-0.05, 0) is 12.8 Å². The molecule has 0 aromatic heterocycles. The molecule has 5 nitrogen and oxygen atoms in total. The van der Waals surface area contributed by atoms with Gasteiger partial charge in [-0.15, -0.1) is 11.6 Å². The van der Waals surface area contributed by atoms with E-state index < -0.39 is 10.2 Å². The summed E-state index contributed by atoms with van der Waals surface area (Å²) in [6.07, 6.45) is 2.79. The average Bonchev–Trinajstić information content (AvgIpc) is 2.29. The smallest absolute Gasteiger partial charge is 0.279 e. The molecule has 1 fully saturated rings. The molecule has 96 valence electrons. The van der Waals surface area contributed by atoms with Gasteiger partial charge < -0.3 is 4.74 Å². The highest BCUT2D eigenvalue weighted by Crippen LogP contribution is 2.20. The Morgan fingerprint density at radius 3 is 2.88 bits per heavy atom. The summed E-state index contributed by atoms with van der Waals surface area (Å²) < 4.78 is 32.6. The van der Waals surface area contributed by atoms with Crippen molar-refractivity contribution in [1.82, 2.24) is 9.03 Å². The Kier molecular flexibility index (Phi) is 5.99. The molecule has 0 spiro atoms. The molecule has 0 radical (unpaired) electrons. The molecule has 0 bridgehead atoms. The Bertz CT molecular complexity index is 297. The largest absolute Gasteiger partial charge is 0.383 e. The third kappa shape index (κ3) is 3.85. The maximum absolute atomic E-state index is 11.9. The van der Waals surface area contributed by atoms with Crippen molar-refractivity contribution < 1.29 is 13.2 Å². The maximum Gasteiger partial charge on any atom is 0.279 e. The van der Waals surface area contributed by atoms with Crippen LogP contribution in [0.15, 0.2) is 0 Å². The normalized spacial score (nSPS) is 23.5. The quantitative estimate of drug-likeness (QED) is 0.567. The molecule has 1 aliphatic heterocycles. The van der Waals surface area contributed by atoms with Crippen molar-refractivity contribution in [2.45, 2.75) is 25.3 Å². The molecule has 1 heterocycles. The van der Waals surface area contributed by atoms with E-state index in [-0.39, 0.29) is 6.04 Å². The SMILES string of the molecule is COCCNS(=O)(=O)N1CCCCC1CCl. The van der Waals surface area contributed by atoms with Crippen LogP contribution < -0.4 is 4.72 Å². The Morgan fingerprint density at radius 1 is 1.50 bits per heavy atom. The van der Waals surface area contributed by atoms with Gasteiger partial charge in [0.15, 0.2) is 0 Å². The number of ether oxygens (including phenoxy) is 1. The Labute approximate surface area is 102 Å². The Morgan fingerprint density at radius 2 is 2.25 bits per heavy atom. The number of nitrogens with zero attached hydrogens (tertiary/aromatic N) is 1. The van der Waals surface area contributed by atoms with E-state index >= 15 is 0 Å². The Balaban J connectivity index is 2.57. The van der Waals surface area contributed by atoms with Crippen molar-refractivity contribution in [2.24, 2.45) is 0 Å². The molecule has 1 unspecified atom stereocenters. The van der Waals surface area contributed by atoms with Crippen molar-refractivity contribution in [3.63, 3.8) is 0 Å². The molecular formula is C9H19ClN2O3S. The second-order valence-corrected chi connectivity index (χ2v) is 5.82. The second-order valence-electron chi connectivity index (χ2n) is 3.81. The van der Waals surface area contributed by atoms with E-state index in [1.165, 1.54) is 11.4 Å². The molecule has 0 aromatic rings. The van der Waals surface area contributed by atoms with Crippen molar-refractivity contribution in [3.05, 3.63) is 0 Å². The van der Waals surface area contributed by atoms with Crippen molar-refractivity contribution in [1.29, 1.82) is 0 Å². The molecule has 1 saturated heterocycles. The highest BCUT2D eigenvalue weighted by molar-refractivity contribution is 7.87. The van der Waals surface area contributed by atoms with E-state index in [0.29, 0.717) is 25.6 Å². The van der Waals surface area contributed by atoms with E-state index in [1.54, 1.807) is 0 Å². The highest BCUT2D eigenvalue weighted by atomic mass is 35.5. The molecule has 0 aromatic carbocycles. The first-order valence-electron chi connectivity index (χ1n) is 5.43. The van der Waals surface area contributed by atoms with E-state index in [2.05, 4.69) is 4.72 Å². The molecule has 0 amide bonds. The topological polar surface area (TPSA) is 58.6 Å². The number of hydrogen-bond donors (Lipinski definition) is 1. The molecule has 1 aliphatic rings. The van der Waals surface area contributed by atoms with Gasteiger partial charge in [0.2, 0.25) is 0 Å². The summed E-state index contributed by atoms with van der Waals surface area (Å²) in [6.45, 7) is 1.22. The lowest BCUT2D eigenvalue weighted by atomic mass is 10.1. The monoisotopic (exact) mass is 270 g/mol. The number of piperidine rings is 1. The van der Waals surface area contributed by atoms with Gasteiger partial charge in [0, 0.05) is 32.1 Å². The third-order valence-electron chi connectivity index (χ3n) is 2.65. The van der Waals surface area contributed by atoms with Gasteiger partial charge in [-0.25, -0.2) is 0 Å². The number of hydrogen-bond acceptors (Lipinski definition) is 3. The average molecular weight is 271 g/mol. The number of methoxy groups -OCH3 is 1. The van der Waals surface area contributed by atoms with Crippen LogP contribution >= 0.6 is 11.6 Å². The lowest BCUT2D eigenvalue weighted by molar-refractivity contribution is 0.202. The first-order valence-corrected chi connectivity index (χ1v) is 7.40. The summed E-state index contributed by atoms with van der Waals surface area (Å²) in [5, 5.41) is 0. The zero-order chi connectivity index (χ0) is 12.0. The third-order valence-corrected chi connectivity index (χ3v) is 4.67. The zero-order valence-electron chi connectivity index (χ0n) is 9.49. The van der Waals surface area contributed by atoms with Gasteiger partial charge in [0.25, 0.3) is 10.2 Å². The van der Waals surface area contributed by atoms with E-state index in [0.717, 1.165) is 19.3 Å². The first-order chi connectivity index (χ1) is 7.61. The summed E-state index contributed by atoms with van der Waals surface area (Å²) in [6, 6.07) is -0.0736. The van der Waals surface area contributed by atoms with Crippen LogP contribution in [0.2, 0.25) is 0 Å². The summed E-state index contributed by atoms with van der Waals surface area (Å²) in [4.78, 5) is 0. The standard InChI is InChI=1S/C9H19ClN2O3S/c1-15-7-5-11-16(13,14)12-6-3-2-4-9(12)8-10/h9,11H,2-8H2,1H3. The lowest BCUT2D eigenvalue weighted by Gasteiger charge is -2.33. The first kappa shape index (κ1) is 14.2. The van der Waals surface area contributed by atoms with Gasteiger partial charge in [0.05, 0.1) is 6.61 Å². The van der Waals surface area contributed by atoms with Crippen LogP contribution in [0.1, 0.15) is 19.3 Å². The van der Waals surface area contributed by atoms with Crippen LogP contribution in [0.4, 0.5) is 0 Å². The van der Waals surface area contributed by atoms with Gasteiger partial charge in [-0.1, -0.05) is 6.42 Å². The number of nitrogens with one attached hydrogen (secondary N) is 1. The van der Waals surface area contributed by atoms with Crippen LogP contribution in [0.5, 0.6) is 0 Å². The van der Waals surface area contributed by atoms with Crippen molar-refractivity contribution in [2.75, 3.05) is 32.7 Å². The summed E-state index contributed by atoms with van der Waals surface area (Å²) in [5.74, 6) is 0.352. The molecule has 1 N–H and O–H groups in total. The molecule has 7 heteroatoms. The fourth-order valence-electron chi connectivity index (χ4n) is 1.80. The predicted molar refractivity (Wildman–Crippen MR) is 63.9 cm³/mol. The van der Waals surface area contributed by atoms with Crippen molar-refractivity contribution >= 4 is 21.8 Å². The van der Waals surface area contributed by atoms with E-state index in [9.17, 15) is 8.42 Å². The highest BCUT2D eigenvalue weighted by Gasteiger charge is 2.31. The van der Waals surface area contributed by atoms with Gasteiger partial charge in [-0.2, -0.15) is 17.4 Å². The molecule has 0 saturated carbocycles. The van der Waals surface area contributed by atoms with Gasteiger partial charge in [0.1, 0.15) is 0 Å². The molecule has 0 aliphatic carbocycles. The van der Waals surface area contributed by atoms with Crippen molar-refractivity contribution in [3.8, 4) is 0 Å². The zero-order valence-corrected chi connectivity index (χ0v) is 11.1. The second kappa shape index (κ2) is 6.76. The molecule has 1 atom stereocenters. The Hall–Kier alpha value is 0.120. The minimum Gasteiger partial charge on any atom is -0.383 e. The van der Waals surface area contributed by atoms with Gasteiger partial charge >= 0.3 is 0 Å². The molecule has 1 rings (SSSR count). The van der Waals surface area contributed by atoms with Crippen LogP contribution in [0.25, 0.3) is 0 Å². The van der Waals surface area contributed by atoms with Crippen LogP contribution in [0.3, 0.4) is 0 Å². The number of rotatable bonds is 6. The van der Waals surface area contributed by atoms with E-state index in [1.807, 2.05) is 0 Å².